The van der Waals surface area contributed by atoms with Crippen LogP contribution in [0, 0.1) is 11.3 Å². The van der Waals surface area contributed by atoms with Crippen molar-refractivity contribution in [3.05, 3.63) is 5.28 Å². The summed E-state index contributed by atoms with van der Waals surface area (Å²) in [5.74, 6) is 1.02. The Hall–Kier alpha value is -1.61. The van der Waals surface area contributed by atoms with Crippen LogP contribution in [0.4, 0.5) is 11.9 Å². The summed E-state index contributed by atoms with van der Waals surface area (Å²) in [7, 11) is 3.67. The number of halogens is 1. The van der Waals surface area contributed by atoms with Gasteiger partial charge in [-0.1, -0.05) is 0 Å². The van der Waals surface area contributed by atoms with Crippen LogP contribution in [0.25, 0.3) is 0 Å². The fourth-order valence-corrected chi connectivity index (χ4v) is 1.41. The molecule has 7 heteroatoms. The summed E-state index contributed by atoms with van der Waals surface area (Å²) in [6, 6.07) is 2.10. The molecule has 0 radical (unpaired) electrons. The zero-order chi connectivity index (χ0) is 12.8. The summed E-state index contributed by atoms with van der Waals surface area (Å²) < 4.78 is 0. The van der Waals surface area contributed by atoms with Crippen molar-refractivity contribution in [2.45, 2.75) is 13.3 Å². The highest BCUT2D eigenvalue weighted by Crippen LogP contribution is 2.15. The van der Waals surface area contributed by atoms with Gasteiger partial charge in [0, 0.05) is 27.2 Å². The van der Waals surface area contributed by atoms with Crippen molar-refractivity contribution in [1.82, 2.24) is 15.0 Å². The average Bonchev–Trinajstić information content (AvgIpc) is 2.29. The molecule has 0 N–H and O–H groups in total. The molecule has 0 aliphatic rings. The molecule has 0 spiro atoms. The molecule has 1 rings (SSSR count). The molecule has 92 valence electrons. The Kier molecular flexibility index (Phi) is 4.91. The Morgan fingerprint density at radius 3 is 2.41 bits per heavy atom. The molecule has 6 nitrogen and oxygen atoms in total. The van der Waals surface area contributed by atoms with E-state index in [2.05, 4.69) is 21.0 Å². The highest BCUT2D eigenvalue weighted by molar-refractivity contribution is 6.28. The fourth-order valence-electron chi connectivity index (χ4n) is 1.26. The van der Waals surface area contributed by atoms with Crippen LogP contribution in [-0.2, 0) is 0 Å². The highest BCUT2D eigenvalue weighted by atomic mass is 35.5. The van der Waals surface area contributed by atoms with Crippen molar-refractivity contribution in [3.8, 4) is 6.07 Å². The molecule has 17 heavy (non-hydrogen) atoms. The van der Waals surface area contributed by atoms with E-state index in [0.29, 0.717) is 24.9 Å². The molecule has 0 aromatic carbocycles. The van der Waals surface area contributed by atoms with Crippen molar-refractivity contribution in [3.63, 3.8) is 0 Å². The van der Waals surface area contributed by atoms with Gasteiger partial charge in [0.1, 0.15) is 0 Å². The van der Waals surface area contributed by atoms with Crippen LogP contribution < -0.4 is 9.80 Å². The summed E-state index contributed by atoms with van der Waals surface area (Å²) in [5.41, 5.74) is 0. The number of aromatic nitrogens is 3. The second-order valence-corrected chi connectivity index (χ2v) is 3.92. The minimum absolute atomic E-state index is 0.161. The van der Waals surface area contributed by atoms with Gasteiger partial charge in [-0.2, -0.15) is 20.2 Å². The first-order valence-corrected chi connectivity index (χ1v) is 5.67. The van der Waals surface area contributed by atoms with Crippen LogP contribution in [0.3, 0.4) is 0 Å². The van der Waals surface area contributed by atoms with E-state index < -0.39 is 0 Å². The Morgan fingerprint density at radius 1 is 1.24 bits per heavy atom. The first-order valence-electron chi connectivity index (χ1n) is 5.29. The minimum Gasteiger partial charge on any atom is -0.347 e. The van der Waals surface area contributed by atoms with E-state index in [1.807, 2.05) is 25.9 Å². The summed E-state index contributed by atoms with van der Waals surface area (Å²) in [6.07, 6.45) is 0.425. The topological polar surface area (TPSA) is 68.9 Å². The molecular formula is C10H15ClN6. The lowest BCUT2D eigenvalue weighted by Crippen LogP contribution is -2.27. The number of anilines is 2. The van der Waals surface area contributed by atoms with E-state index in [-0.39, 0.29) is 5.28 Å². The van der Waals surface area contributed by atoms with Gasteiger partial charge in [0.15, 0.2) is 0 Å². The molecule has 0 saturated heterocycles. The minimum atomic E-state index is 0.161. The van der Waals surface area contributed by atoms with E-state index in [9.17, 15) is 0 Å². The molecule has 0 atom stereocenters. The molecule has 0 fully saturated rings. The third-order valence-electron chi connectivity index (χ3n) is 2.14. The second-order valence-electron chi connectivity index (χ2n) is 3.59. The predicted octanol–water partition coefficient (Wildman–Crippen LogP) is 1.33. The van der Waals surface area contributed by atoms with Gasteiger partial charge in [0.05, 0.1) is 12.5 Å². The zero-order valence-corrected chi connectivity index (χ0v) is 10.9. The molecule has 0 amide bonds. The van der Waals surface area contributed by atoms with Crippen LogP contribution in [-0.4, -0.2) is 42.1 Å². The normalized spacial score (nSPS) is 9.82. The lowest BCUT2D eigenvalue weighted by molar-refractivity contribution is 0.779. The summed E-state index contributed by atoms with van der Waals surface area (Å²) in [6.45, 7) is 3.28. The number of nitrogens with zero attached hydrogens (tertiary/aromatic N) is 6. The summed E-state index contributed by atoms with van der Waals surface area (Å²) >= 11 is 5.85. The van der Waals surface area contributed by atoms with Crippen LogP contribution in [0.2, 0.25) is 5.28 Å². The molecule has 0 bridgehead atoms. The molecule has 1 aromatic heterocycles. The lowest BCUT2D eigenvalue weighted by Gasteiger charge is -2.20. The molecule has 1 heterocycles. The van der Waals surface area contributed by atoms with Crippen LogP contribution in [0.5, 0.6) is 0 Å². The van der Waals surface area contributed by atoms with Crippen molar-refractivity contribution < 1.29 is 0 Å². The van der Waals surface area contributed by atoms with Crippen LogP contribution in [0.1, 0.15) is 13.3 Å². The molecule has 0 aliphatic carbocycles. The third kappa shape index (κ3) is 3.71. The largest absolute Gasteiger partial charge is 0.347 e. The fraction of sp³-hybridized carbons (Fsp3) is 0.600. The van der Waals surface area contributed by atoms with Gasteiger partial charge in [-0.25, -0.2) is 0 Å². The number of rotatable bonds is 5. The Balaban J connectivity index is 2.98. The standard InChI is InChI=1S/C10H15ClN6/c1-4-17(7-5-6-12)10-14-8(11)13-9(15-10)16(2)3/h4-5,7H2,1-3H3. The van der Waals surface area contributed by atoms with Crippen LogP contribution >= 0.6 is 11.6 Å². The Morgan fingerprint density at radius 2 is 1.88 bits per heavy atom. The molecule has 1 aromatic rings. The Labute approximate surface area is 106 Å². The molecule has 0 saturated carbocycles. The van der Waals surface area contributed by atoms with Gasteiger partial charge >= 0.3 is 0 Å². The maximum atomic E-state index is 8.59. The van der Waals surface area contributed by atoms with Crippen molar-refractivity contribution in [2.75, 3.05) is 37.0 Å². The monoisotopic (exact) mass is 254 g/mol. The second kappa shape index (κ2) is 6.21. The van der Waals surface area contributed by atoms with E-state index in [1.54, 1.807) is 4.90 Å². The zero-order valence-electron chi connectivity index (χ0n) is 10.2. The summed E-state index contributed by atoms with van der Waals surface area (Å²) in [5, 5.41) is 8.75. The van der Waals surface area contributed by atoms with E-state index >= 15 is 0 Å². The summed E-state index contributed by atoms with van der Waals surface area (Å²) in [4.78, 5) is 16.0. The van der Waals surface area contributed by atoms with E-state index in [0.717, 1.165) is 6.54 Å². The first kappa shape index (κ1) is 13.5. The van der Waals surface area contributed by atoms with Gasteiger partial charge in [-0.05, 0) is 18.5 Å². The average molecular weight is 255 g/mol. The number of nitriles is 1. The van der Waals surface area contributed by atoms with Crippen molar-refractivity contribution in [2.24, 2.45) is 0 Å². The van der Waals surface area contributed by atoms with Crippen molar-refractivity contribution in [1.29, 1.82) is 5.26 Å². The maximum Gasteiger partial charge on any atom is 0.231 e. The van der Waals surface area contributed by atoms with Crippen molar-refractivity contribution >= 4 is 23.5 Å². The number of hydrogen-bond acceptors (Lipinski definition) is 6. The maximum absolute atomic E-state index is 8.59. The van der Waals surface area contributed by atoms with E-state index in [4.69, 9.17) is 16.9 Å². The lowest BCUT2D eigenvalue weighted by atomic mass is 10.4. The molecular weight excluding hydrogens is 240 g/mol. The SMILES string of the molecule is CCN(CCC#N)c1nc(Cl)nc(N(C)C)n1. The van der Waals surface area contributed by atoms with E-state index in [1.165, 1.54) is 0 Å². The van der Waals surface area contributed by atoms with Gasteiger partial charge in [-0.15, -0.1) is 0 Å². The van der Waals surface area contributed by atoms with Gasteiger partial charge in [0.2, 0.25) is 17.2 Å². The van der Waals surface area contributed by atoms with Gasteiger partial charge in [0.25, 0.3) is 0 Å². The number of hydrogen-bond donors (Lipinski definition) is 0. The molecule has 0 aliphatic heterocycles. The smallest absolute Gasteiger partial charge is 0.231 e. The first-order chi connectivity index (χ1) is 8.08. The van der Waals surface area contributed by atoms with Crippen LogP contribution in [0.15, 0.2) is 0 Å². The highest BCUT2D eigenvalue weighted by Gasteiger charge is 2.12. The van der Waals surface area contributed by atoms with Gasteiger partial charge < -0.3 is 9.80 Å². The molecule has 0 unspecified atom stereocenters. The predicted molar refractivity (Wildman–Crippen MR) is 67.3 cm³/mol. The Bertz CT molecular complexity index is 414. The van der Waals surface area contributed by atoms with Gasteiger partial charge in [-0.3, -0.25) is 0 Å². The third-order valence-corrected chi connectivity index (χ3v) is 2.31. The quantitative estimate of drug-likeness (QED) is 0.790.